The van der Waals surface area contributed by atoms with Gasteiger partial charge in [-0.15, -0.1) is 0 Å². The molecular weight excluding hydrogens is 227 g/mol. The second-order valence-corrected chi connectivity index (χ2v) is 3.62. The van der Waals surface area contributed by atoms with Gasteiger partial charge in [-0.2, -0.15) is 0 Å². The Hall–Kier alpha value is -1.84. The van der Waals surface area contributed by atoms with E-state index in [1.165, 1.54) is 24.3 Å². The number of nitrogens with zero attached hydrogens (tertiary/aromatic N) is 1. The molecule has 0 unspecified atom stereocenters. The van der Waals surface area contributed by atoms with Gasteiger partial charge in [-0.1, -0.05) is 12.1 Å². The molecule has 0 fully saturated rings. The van der Waals surface area contributed by atoms with Gasteiger partial charge in [0, 0.05) is 11.3 Å². The summed E-state index contributed by atoms with van der Waals surface area (Å²) in [5.41, 5.74) is 0.622. The Morgan fingerprint density at radius 2 is 2.06 bits per heavy atom. The molecular formula is C13H9F3N. The first-order valence-corrected chi connectivity index (χ1v) is 5.01. The minimum absolute atomic E-state index is 0.180. The first-order chi connectivity index (χ1) is 8.08. The highest BCUT2D eigenvalue weighted by atomic mass is 19.3. The maximum Gasteiger partial charge on any atom is 0.280 e. The highest BCUT2D eigenvalue weighted by molar-refractivity contribution is 5.64. The highest BCUT2D eigenvalue weighted by Gasteiger charge is 2.13. The lowest BCUT2D eigenvalue weighted by Gasteiger charge is -2.07. The van der Waals surface area contributed by atoms with Crippen molar-refractivity contribution in [2.45, 2.75) is 13.3 Å². The third-order valence-corrected chi connectivity index (χ3v) is 2.29. The molecule has 0 spiro atoms. The van der Waals surface area contributed by atoms with Gasteiger partial charge in [-0.05, 0) is 36.8 Å². The monoisotopic (exact) mass is 236 g/mol. The van der Waals surface area contributed by atoms with Gasteiger partial charge in [0.2, 0.25) is 0 Å². The number of hydrogen-bond acceptors (Lipinski definition) is 1. The summed E-state index contributed by atoms with van der Waals surface area (Å²) >= 11 is 0. The second kappa shape index (κ2) is 4.57. The minimum atomic E-state index is -2.67. The van der Waals surface area contributed by atoms with Crippen LogP contribution in [0.3, 0.4) is 0 Å². The summed E-state index contributed by atoms with van der Waals surface area (Å²) in [7, 11) is 0. The van der Waals surface area contributed by atoms with Crippen molar-refractivity contribution < 1.29 is 13.2 Å². The Labute approximate surface area is 96.9 Å². The van der Waals surface area contributed by atoms with Gasteiger partial charge in [0.1, 0.15) is 11.5 Å². The number of aryl methyl sites for hydroxylation is 1. The predicted octanol–water partition coefficient (Wildman–Crippen LogP) is 3.93. The maximum absolute atomic E-state index is 13.5. The fraction of sp³-hybridized carbons (Fsp3) is 0.154. The van der Waals surface area contributed by atoms with Crippen molar-refractivity contribution >= 4 is 0 Å². The van der Waals surface area contributed by atoms with Crippen LogP contribution in [0.25, 0.3) is 11.1 Å². The van der Waals surface area contributed by atoms with Crippen LogP contribution in [0.1, 0.15) is 17.8 Å². The molecule has 1 nitrogen and oxygen atoms in total. The van der Waals surface area contributed by atoms with Crippen LogP contribution in [0, 0.1) is 18.8 Å². The van der Waals surface area contributed by atoms with E-state index in [0.29, 0.717) is 11.3 Å². The second-order valence-electron chi connectivity index (χ2n) is 3.62. The molecule has 0 atom stereocenters. The van der Waals surface area contributed by atoms with E-state index in [2.05, 4.69) is 11.1 Å². The average Bonchev–Trinajstić information content (AvgIpc) is 2.28. The number of halogens is 3. The van der Waals surface area contributed by atoms with Crippen molar-refractivity contribution in [1.29, 1.82) is 0 Å². The van der Waals surface area contributed by atoms with Crippen molar-refractivity contribution in [3.8, 4) is 11.1 Å². The molecule has 17 heavy (non-hydrogen) atoms. The third kappa shape index (κ3) is 2.46. The predicted molar refractivity (Wildman–Crippen MR) is 58.2 cm³/mol. The number of benzene rings is 1. The molecule has 0 saturated heterocycles. The summed E-state index contributed by atoms with van der Waals surface area (Å²) in [6, 6.07) is 9.75. The van der Waals surface area contributed by atoms with Gasteiger partial charge in [-0.25, -0.2) is 13.2 Å². The minimum Gasteiger partial charge on any atom is -0.252 e. The molecule has 1 aromatic heterocycles. The Morgan fingerprint density at radius 3 is 2.71 bits per heavy atom. The molecule has 0 aliphatic heterocycles. The van der Waals surface area contributed by atoms with Crippen molar-refractivity contribution in [2.75, 3.05) is 0 Å². The number of pyridine rings is 1. The Kier molecular flexibility index (Phi) is 3.13. The van der Waals surface area contributed by atoms with Gasteiger partial charge >= 0.3 is 0 Å². The van der Waals surface area contributed by atoms with Crippen molar-refractivity contribution in [3.05, 3.63) is 53.6 Å². The molecule has 1 heterocycles. The zero-order valence-electron chi connectivity index (χ0n) is 9.05. The molecule has 0 saturated carbocycles. The normalized spacial score (nSPS) is 10.9. The van der Waals surface area contributed by atoms with Crippen molar-refractivity contribution in [2.24, 2.45) is 0 Å². The standard InChI is InChI=1S/C13H9F3N/c1-8-6-9(7-12(17-8)13(15)16)10-4-2-3-5-11(10)14/h2-3,5-7,13H,1H3. The quantitative estimate of drug-likeness (QED) is 0.769. The molecule has 4 heteroatoms. The SMILES string of the molecule is Cc1cc(-c2[c]cccc2F)cc(C(F)F)n1. The fourth-order valence-corrected chi connectivity index (χ4v) is 1.59. The van der Waals surface area contributed by atoms with E-state index in [9.17, 15) is 13.2 Å². The van der Waals surface area contributed by atoms with Crippen LogP contribution in [0.4, 0.5) is 13.2 Å². The van der Waals surface area contributed by atoms with Gasteiger partial charge < -0.3 is 0 Å². The molecule has 1 aromatic carbocycles. The highest BCUT2D eigenvalue weighted by Crippen LogP contribution is 2.26. The lowest BCUT2D eigenvalue weighted by atomic mass is 10.0. The lowest BCUT2D eigenvalue weighted by molar-refractivity contribution is 0.146. The molecule has 1 radical (unpaired) electrons. The number of aromatic nitrogens is 1. The summed E-state index contributed by atoms with van der Waals surface area (Å²) in [5.74, 6) is -0.488. The van der Waals surface area contributed by atoms with Gasteiger partial charge in [0.05, 0.1) is 0 Å². The zero-order valence-corrected chi connectivity index (χ0v) is 9.05. The van der Waals surface area contributed by atoms with Gasteiger partial charge in [0.25, 0.3) is 6.43 Å². The Bertz CT molecular complexity index is 538. The molecule has 0 bridgehead atoms. The topological polar surface area (TPSA) is 12.9 Å². The van der Waals surface area contributed by atoms with Crippen LogP contribution < -0.4 is 0 Å². The van der Waals surface area contributed by atoms with Crippen molar-refractivity contribution in [3.63, 3.8) is 0 Å². The lowest BCUT2D eigenvalue weighted by Crippen LogP contribution is -1.95. The van der Waals surface area contributed by atoms with Crippen LogP contribution in [-0.4, -0.2) is 4.98 Å². The van der Waals surface area contributed by atoms with Crippen LogP contribution in [0.5, 0.6) is 0 Å². The first kappa shape index (κ1) is 11.6. The molecule has 0 N–H and O–H groups in total. The van der Waals surface area contributed by atoms with Crippen LogP contribution in [-0.2, 0) is 0 Å². The molecule has 0 amide bonds. The van der Waals surface area contributed by atoms with E-state index >= 15 is 0 Å². The third-order valence-electron chi connectivity index (χ3n) is 2.29. The van der Waals surface area contributed by atoms with E-state index in [0.717, 1.165) is 0 Å². The summed E-state index contributed by atoms with van der Waals surface area (Å²) in [6.07, 6.45) is -2.67. The van der Waals surface area contributed by atoms with Crippen LogP contribution >= 0.6 is 0 Å². The molecule has 0 aliphatic carbocycles. The molecule has 87 valence electrons. The Morgan fingerprint density at radius 1 is 1.29 bits per heavy atom. The van der Waals surface area contributed by atoms with Gasteiger partial charge in [0.15, 0.2) is 0 Å². The Balaban J connectivity index is 2.56. The van der Waals surface area contributed by atoms with Crippen LogP contribution in [0.2, 0.25) is 0 Å². The largest absolute Gasteiger partial charge is 0.280 e. The van der Waals surface area contributed by atoms with E-state index in [1.54, 1.807) is 13.0 Å². The summed E-state index contributed by atoms with van der Waals surface area (Å²) in [6.45, 7) is 1.59. The maximum atomic E-state index is 13.5. The van der Waals surface area contributed by atoms with E-state index < -0.39 is 12.2 Å². The number of hydrogen-bond donors (Lipinski definition) is 0. The van der Waals surface area contributed by atoms with E-state index in [-0.39, 0.29) is 11.3 Å². The van der Waals surface area contributed by atoms with Crippen molar-refractivity contribution in [1.82, 2.24) is 4.98 Å². The van der Waals surface area contributed by atoms with Crippen LogP contribution in [0.15, 0.2) is 30.3 Å². The number of rotatable bonds is 2. The molecule has 0 aliphatic rings. The first-order valence-electron chi connectivity index (χ1n) is 5.01. The summed E-state index contributed by atoms with van der Waals surface area (Å²) in [5, 5.41) is 0. The van der Waals surface area contributed by atoms with Gasteiger partial charge in [-0.3, -0.25) is 4.98 Å². The smallest absolute Gasteiger partial charge is 0.252 e. The fourth-order valence-electron chi connectivity index (χ4n) is 1.59. The van der Waals surface area contributed by atoms with E-state index in [4.69, 9.17) is 0 Å². The molecule has 2 rings (SSSR count). The van der Waals surface area contributed by atoms with E-state index in [1.807, 2.05) is 0 Å². The average molecular weight is 236 g/mol. The number of alkyl halides is 2. The summed E-state index contributed by atoms with van der Waals surface area (Å²) < 4.78 is 38.7. The summed E-state index contributed by atoms with van der Waals surface area (Å²) in [4.78, 5) is 3.70. The molecule has 2 aromatic rings. The zero-order chi connectivity index (χ0) is 12.4.